The smallest absolute Gasteiger partial charge is 0.390 e. The van der Waals surface area contributed by atoms with E-state index < -0.39 is 11.7 Å². The second kappa shape index (κ2) is 9.36. The number of aryl methyl sites for hydroxylation is 1. The lowest BCUT2D eigenvalue weighted by molar-refractivity contribution is -0.137. The van der Waals surface area contributed by atoms with Gasteiger partial charge in [-0.2, -0.15) is 13.2 Å². The SMILES string of the molecule is NC(CCc1nc(CO)c(-c2ccc3cnccc3c2)s1)Cc1ccc(C(F)(F)F)cc1. The number of nitrogens with two attached hydrogens (primary N) is 1. The third-order valence-electron chi connectivity index (χ3n) is 5.30. The van der Waals surface area contributed by atoms with Crippen LogP contribution in [0.2, 0.25) is 0 Å². The highest BCUT2D eigenvalue weighted by Crippen LogP contribution is 2.33. The number of alkyl halides is 3. The molecule has 0 aliphatic carbocycles. The Bertz CT molecular complexity index is 1210. The molecule has 0 saturated heterocycles. The Hall–Kier alpha value is -2.81. The summed E-state index contributed by atoms with van der Waals surface area (Å²) in [5.41, 5.74) is 7.96. The van der Waals surface area contributed by atoms with E-state index in [1.165, 1.54) is 23.5 Å². The highest BCUT2D eigenvalue weighted by Gasteiger charge is 2.29. The van der Waals surface area contributed by atoms with E-state index in [0.717, 1.165) is 43.9 Å². The number of halogens is 3. The first-order valence-electron chi connectivity index (χ1n) is 10.2. The van der Waals surface area contributed by atoms with Crippen LogP contribution < -0.4 is 5.73 Å². The number of thiazole rings is 1. The number of pyridine rings is 1. The summed E-state index contributed by atoms with van der Waals surface area (Å²) in [4.78, 5) is 9.63. The van der Waals surface area contributed by atoms with Crippen molar-refractivity contribution in [3.8, 4) is 10.4 Å². The number of hydrogen-bond acceptors (Lipinski definition) is 5. The monoisotopic (exact) mass is 457 g/mol. The molecule has 0 aliphatic heterocycles. The highest BCUT2D eigenvalue weighted by molar-refractivity contribution is 7.15. The molecule has 32 heavy (non-hydrogen) atoms. The van der Waals surface area contributed by atoms with Gasteiger partial charge in [0.25, 0.3) is 0 Å². The minimum atomic E-state index is -4.34. The summed E-state index contributed by atoms with van der Waals surface area (Å²) in [6, 6.07) is 12.9. The van der Waals surface area contributed by atoms with E-state index in [4.69, 9.17) is 5.73 Å². The molecule has 0 radical (unpaired) electrons. The molecule has 0 saturated carbocycles. The van der Waals surface area contributed by atoms with Crippen LogP contribution in [0.1, 0.15) is 28.2 Å². The van der Waals surface area contributed by atoms with E-state index >= 15 is 0 Å². The quantitative estimate of drug-likeness (QED) is 0.391. The fourth-order valence-electron chi connectivity index (χ4n) is 3.61. The summed E-state index contributed by atoms with van der Waals surface area (Å²) >= 11 is 1.53. The first-order chi connectivity index (χ1) is 15.3. The van der Waals surface area contributed by atoms with Crippen LogP contribution in [0, 0.1) is 0 Å². The molecule has 0 bridgehead atoms. The Morgan fingerprint density at radius 2 is 1.81 bits per heavy atom. The topological polar surface area (TPSA) is 72.0 Å². The van der Waals surface area contributed by atoms with Gasteiger partial charge in [0.15, 0.2) is 0 Å². The van der Waals surface area contributed by atoms with Crippen LogP contribution in [-0.4, -0.2) is 21.1 Å². The Balaban J connectivity index is 1.43. The lowest BCUT2D eigenvalue weighted by atomic mass is 10.0. The van der Waals surface area contributed by atoms with Gasteiger partial charge in [-0.15, -0.1) is 11.3 Å². The van der Waals surface area contributed by atoms with Gasteiger partial charge in [0.2, 0.25) is 0 Å². The maximum absolute atomic E-state index is 12.7. The number of rotatable bonds is 7. The van der Waals surface area contributed by atoms with E-state index in [2.05, 4.69) is 16.0 Å². The first-order valence-corrected chi connectivity index (χ1v) is 11.0. The number of aliphatic hydroxyl groups excluding tert-OH is 1. The van der Waals surface area contributed by atoms with Gasteiger partial charge >= 0.3 is 6.18 Å². The molecule has 3 N–H and O–H groups in total. The minimum Gasteiger partial charge on any atom is -0.390 e. The molecule has 2 aromatic carbocycles. The van der Waals surface area contributed by atoms with Crippen LogP contribution in [0.5, 0.6) is 0 Å². The number of aliphatic hydroxyl groups is 1. The zero-order valence-electron chi connectivity index (χ0n) is 17.1. The Labute approximate surface area is 187 Å². The van der Waals surface area contributed by atoms with Gasteiger partial charge in [-0.05, 0) is 53.6 Å². The fraction of sp³-hybridized carbons (Fsp3) is 0.250. The van der Waals surface area contributed by atoms with Crippen molar-refractivity contribution in [2.45, 2.75) is 38.1 Å². The van der Waals surface area contributed by atoms with Crippen molar-refractivity contribution in [1.82, 2.24) is 9.97 Å². The molecule has 1 unspecified atom stereocenters. The Kier molecular flexibility index (Phi) is 6.55. The summed E-state index contributed by atoms with van der Waals surface area (Å²) < 4.78 is 38.1. The molecular formula is C24H22F3N3OS. The van der Waals surface area contributed by atoms with Crippen molar-refractivity contribution in [2.24, 2.45) is 5.73 Å². The van der Waals surface area contributed by atoms with Crippen LogP contribution in [0.25, 0.3) is 21.2 Å². The highest BCUT2D eigenvalue weighted by atomic mass is 32.1. The summed E-state index contributed by atoms with van der Waals surface area (Å²) in [6.45, 7) is -0.155. The van der Waals surface area contributed by atoms with E-state index in [0.29, 0.717) is 25.0 Å². The van der Waals surface area contributed by atoms with Crippen molar-refractivity contribution >= 4 is 22.1 Å². The Morgan fingerprint density at radius 1 is 1.03 bits per heavy atom. The van der Waals surface area contributed by atoms with Gasteiger partial charge in [-0.25, -0.2) is 4.98 Å². The number of benzene rings is 2. The van der Waals surface area contributed by atoms with Gasteiger partial charge in [0.05, 0.1) is 27.7 Å². The molecule has 0 fully saturated rings. The number of hydrogen-bond donors (Lipinski definition) is 2. The zero-order chi connectivity index (χ0) is 22.7. The lowest BCUT2D eigenvalue weighted by Gasteiger charge is -2.12. The molecule has 4 rings (SSSR count). The maximum Gasteiger partial charge on any atom is 0.416 e. The average Bonchev–Trinajstić information content (AvgIpc) is 3.20. The van der Waals surface area contributed by atoms with Gasteiger partial charge in [-0.1, -0.05) is 24.3 Å². The number of aromatic nitrogens is 2. The maximum atomic E-state index is 12.7. The molecule has 0 amide bonds. The predicted octanol–water partition coefficient (Wildman–Crippen LogP) is 5.37. The van der Waals surface area contributed by atoms with E-state index in [-0.39, 0.29) is 12.6 Å². The van der Waals surface area contributed by atoms with E-state index in [1.807, 2.05) is 24.4 Å². The van der Waals surface area contributed by atoms with Gasteiger partial charge < -0.3 is 10.8 Å². The third kappa shape index (κ3) is 5.15. The van der Waals surface area contributed by atoms with Gasteiger partial charge in [0.1, 0.15) is 0 Å². The second-order valence-corrected chi connectivity index (χ2v) is 8.76. The molecule has 0 aliphatic rings. The third-order valence-corrected chi connectivity index (χ3v) is 6.51. The fourth-order valence-corrected chi connectivity index (χ4v) is 4.69. The predicted molar refractivity (Wildman–Crippen MR) is 120 cm³/mol. The first kappa shape index (κ1) is 22.4. The normalized spacial score (nSPS) is 12.9. The number of nitrogens with zero attached hydrogens (tertiary/aromatic N) is 2. The molecule has 2 heterocycles. The number of fused-ring (bicyclic) bond motifs is 1. The lowest BCUT2D eigenvalue weighted by Crippen LogP contribution is -2.23. The van der Waals surface area contributed by atoms with Gasteiger partial charge in [0, 0.05) is 30.2 Å². The summed E-state index contributed by atoms with van der Waals surface area (Å²) in [7, 11) is 0. The van der Waals surface area contributed by atoms with Crippen molar-refractivity contribution in [3.05, 3.63) is 82.8 Å². The summed E-state index contributed by atoms with van der Waals surface area (Å²) in [5.74, 6) is 0. The standard InChI is InChI=1S/C24H22F3N3OS/c25-24(26,27)19-5-1-15(2-6-19)11-20(28)7-8-22-30-21(14-31)23(32-22)17-3-4-18-13-29-10-9-16(18)12-17/h1-6,9-10,12-13,20,31H,7-8,11,14,28H2. The average molecular weight is 458 g/mol. The van der Waals surface area contributed by atoms with Crippen LogP contribution >= 0.6 is 11.3 Å². The molecule has 166 valence electrons. The van der Waals surface area contributed by atoms with E-state index in [1.54, 1.807) is 6.20 Å². The van der Waals surface area contributed by atoms with E-state index in [9.17, 15) is 18.3 Å². The van der Waals surface area contributed by atoms with Crippen LogP contribution in [0.15, 0.2) is 60.9 Å². The van der Waals surface area contributed by atoms with Crippen molar-refractivity contribution in [1.29, 1.82) is 0 Å². The molecule has 0 spiro atoms. The molecule has 4 nitrogen and oxygen atoms in total. The van der Waals surface area contributed by atoms with Crippen molar-refractivity contribution in [3.63, 3.8) is 0 Å². The van der Waals surface area contributed by atoms with Crippen molar-refractivity contribution < 1.29 is 18.3 Å². The summed E-state index contributed by atoms with van der Waals surface area (Å²) in [5, 5.41) is 12.8. The zero-order valence-corrected chi connectivity index (χ0v) is 18.0. The molecular weight excluding hydrogens is 435 g/mol. The Morgan fingerprint density at radius 3 is 2.53 bits per heavy atom. The molecule has 1 atom stereocenters. The largest absolute Gasteiger partial charge is 0.416 e. The van der Waals surface area contributed by atoms with Crippen molar-refractivity contribution in [2.75, 3.05) is 0 Å². The summed E-state index contributed by atoms with van der Waals surface area (Å²) in [6.07, 6.45) is 0.980. The van der Waals surface area contributed by atoms with Crippen LogP contribution in [-0.2, 0) is 25.6 Å². The molecule has 2 aromatic heterocycles. The van der Waals surface area contributed by atoms with Crippen LogP contribution in [0.3, 0.4) is 0 Å². The second-order valence-electron chi connectivity index (χ2n) is 7.68. The minimum absolute atomic E-state index is 0.155. The van der Waals surface area contributed by atoms with Crippen LogP contribution in [0.4, 0.5) is 13.2 Å². The van der Waals surface area contributed by atoms with Gasteiger partial charge in [-0.3, -0.25) is 4.98 Å². The molecule has 8 heteroatoms. The molecule has 4 aromatic rings.